The minimum absolute atomic E-state index is 0.230. The average molecular weight is 274 g/mol. The highest BCUT2D eigenvalue weighted by molar-refractivity contribution is 7.91. The summed E-state index contributed by atoms with van der Waals surface area (Å²) in [6, 6.07) is 17.1. The molecule has 0 aliphatic carbocycles. The van der Waals surface area contributed by atoms with Crippen LogP contribution in [-0.4, -0.2) is 14.2 Å². The molecule has 0 aliphatic heterocycles. The zero-order valence-electron chi connectivity index (χ0n) is 11.0. The zero-order chi connectivity index (χ0) is 13.7. The Morgan fingerprint density at radius 1 is 0.842 bits per heavy atom. The Kier molecular flexibility index (Phi) is 4.38. The highest BCUT2D eigenvalue weighted by atomic mass is 32.2. The predicted molar refractivity (Wildman–Crippen MR) is 78.8 cm³/mol. The van der Waals surface area contributed by atoms with E-state index in [1.165, 1.54) is 0 Å². The molecule has 0 N–H and O–H groups in total. The molecule has 19 heavy (non-hydrogen) atoms. The highest BCUT2D eigenvalue weighted by Gasteiger charge is 2.13. The maximum absolute atomic E-state index is 12.0. The van der Waals surface area contributed by atoms with Gasteiger partial charge < -0.3 is 0 Å². The van der Waals surface area contributed by atoms with Crippen LogP contribution in [-0.2, 0) is 9.84 Å². The van der Waals surface area contributed by atoms with Crippen LogP contribution in [0.15, 0.2) is 59.5 Å². The Morgan fingerprint density at radius 2 is 1.42 bits per heavy atom. The number of hydrogen-bond acceptors (Lipinski definition) is 2. The minimum Gasteiger partial charge on any atom is -0.224 e. The van der Waals surface area contributed by atoms with E-state index in [0.29, 0.717) is 11.3 Å². The van der Waals surface area contributed by atoms with Crippen molar-refractivity contribution >= 4 is 9.84 Å². The molecule has 0 saturated carbocycles. The van der Waals surface area contributed by atoms with Gasteiger partial charge in [0, 0.05) is 0 Å². The molecule has 100 valence electrons. The number of sulfone groups is 1. The standard InChI is InChI=1S/C16H18O2S/c1-2-3-13-19(17,18)16-11-9-15(10-12-16)14-7-5-4-6-8-14/h4-12H,2-3,13H2,1H3. The van der Waals surface area contributed by atoms with Crippen molar-refractivity contribution in [3.8, 4) is 11.1 Å². The SMILES string of the molecule is CCCCS(=O)(=O)c1ccc(-c2ccccc2)cc1. The summed E-state index contributed by atoms with van der Waals surface area (Å²) in [6.45, 7) is 1.99. The maximum atomic E-state index is 12.0. The fourth-order valence-corrected chi connectivity index (χ4v) is 3.39. The summed E-state index contributed by atoms with van der Waals surface area (Å²) >= 11 is 0. The summed E-state index contributed by atoms with van der Waals surface area (Å²) in [7, 11) is -3.12. The van der Waals surface area contributed by atoms with E-state index in [-0.39, 0.29) is 5.75 Å². The van der Waals surface area contributed by atoms with Crippen LogP contribution in [0.1, 0.15) is 19.8 Å². The second kappa shape index (κ2) is 6.02. The Hall–Kier alpha value is -1.61. The molecule has 0 radical (unpaired) electrons. The first-order valence-electron chi connectivity index (χ1n) is 6.52. The fourth-order valence-electron chi connectivity index (χ4n) is 1.94. The Bertz CT molecular complexity index is 614. The lowest BCUT2D eigenvalue weighted by Gasteiger charge is -2.05. The molecule has 0 spiro atoms. The van der Waals surface area contributed by atoms with Gasteiger partial charge in [0.2, 0.25) is 0 Å². The van der Waals surface area contributed by atoms with Crippen LogP contribution >= 0.6 is 0 Å². The van der Waals surface area contributed by atoms with E-state index >= 15 is 0 Å². The first kappa shape index (κ1) is 13.8. The molecule has 0 amide bonds. The summed E-state index contributed by atoms with van der Waals surface area (Å²) < 4.78 is 24.1. The summed E-state index contributed by atoms with van der Waals surface area (Å²) in [5.41, 5.74) is 2.13. The van der Waals surface area contributed by atoms with Crippen LogP contribution in [0.3, 0.4) is 0 Å². The summed E-state index contributed by atoms with van der Waals surface area (Å²) in [4.78, 5) is 0.417. The number of unbranched alkanes of at least 4 members (excludes halogenated alkanes) is 1. The second-order valence-electron chi connectivity index (χ2n) is 4.56. The summed E-state index contributed by atoms with van der Waals surface area (Å²) in [5, 5.41) is 0. The molecule has 2 aromatic rings. The molecule has 0 heterocycles. The molecule has 0 aliphatic rings. The number of hydrogen-bond donors (Lipinski definition) is 0. The molecule has 0 fully saturated rings. The Morgan fingerprint density at radius 3 is 2.00 bits per heavy atom. The van der Waals surface area contributed by atoms with E-state index < -0.39 is 9.84 Å². The van der Waals surface area contributed by atoms with E-state index in [4.69, 9.17) is 0 Å². The Balaban J connectivity index is 2.24. The highest BCUT2D eigenvalue weighted by Crippen LogP contribution is 2.21. The van der Waals surface area contributed by atoms with Gasteiger partial charge in [-0.2, -0.15) is 0 Å². The monoisotopic (exact) mass is 274 g/mol. The van der Waals surface area contributed by atoms with Crippen molar-refractivity contribution in [1.82, 2.24) is 0 Å². The zero-order valence-corrected chi connectivity index (χ0v) is 11.9. The molecule has 0 aromatic heterocycles. The molecular formula is C16H18O2S. The topological polar surface area (TPSA) is 34.1 Å². The third-order valence-corrected chi connectivity index (χ3v) is 4.90. The van der Waals surface area contributed by atoms with Gasteiger partial charge in [-0.1, -0.05) is 55.8 Å². The van der Waals surface area contributed by atoms with Gasteiger partial charge in [-0.05, 0) is 29.7 Å². The third-order valence-electron chi connectivity index (χ3n) is 3.09. The largest absolute Gasteiger partial charge is 0.224 e. The molecule has 2 rings (SSSR count). The van der Waals surface area contributed by atoms with Gasteiger partial charge in [-0.3, -0.25) is 0 Å². The van der Waals surface area contributed by atoms with Crippen molar-refractivity contribution in [2.45, 2.75) is 24.7 Å². The smallest absolute Gasteiger partial charge is 0.178 e. The van der Waals surface area contributed by atoms with Gasteiger partial charge in [-0.25, -0.2) is 8.42 Å². The molecule has 2 aromatic carbocycles. The van der Waals surface area contributed by atoms with Gasteiger partial charge in [0.05, 0.1) is 10.6 Å². The molecular weight excluding hydrogens is 256 g/mol. The predicted octanol–water partition coefficient (Wildman–Crippen LogP) is 3.93. The quantitative estimate of drug-likeness (QED) is 0.828. The van der Waals surface area contributed by atoms with Gasteiger partial charge >= 0.3 is 0 Å². The number of rotatable bonds is 5. The van der Waals surface area contributed by atoms with E-state index in [1.54, 1.807) is 12.1 Å². The van der Waals surface area contributed by atoms with Crippen molar-refractivity contribution in [1.29, 1.82) is 0 Å². The van der Waals surface area contributed by atoms with Crippen LogP contribution in [0.4, 0.5) is 0 Å². The molecule has 3 heteroatoms. The molecule has 0 unspecified atom stereocenters. The van der Waals surface area contributed by atoms with Crippen LogP contribution in [0.5, 0.6) is 0 Å². The van der Waals surface area contributed by atoms with Crippen LogP contribution in [0.2, 0.25) is 0 Å². The first-order chi connectivity index (χ1) is 9.13. The van der Waals surface area contributed by atoms with Crippen LogP contribution < -0.4 is 0 Å². The Labute approximate surface area is 115 Å². The summed E-state index contributed by atoms with van der Waals surface area (Å²) in [5.74, 6) is 0.230. The van der Waals surface area contributed by atoms with Crippen molar-refractivity contribution < 1.29 is 8.42 Å². The normalized spacial score (nSPS) is 11.4. The fraction of sp³-hybridized carbons (Fsp3) is 0.250. The lowest BCUT2D eigenvalue weighted by atomic mass is 10.1. The summed E-state index contributed by atoms with van der Waals surface area (Å²) in [6.07, 6.45) is 1.60. The van der Waals surface area contributed by atoms with Gasteiger partial charge in [0.25, 0.3) is 0 Å². The van der Waals surface area contributed by atoms with Gasteiger partial charge in [0.15, 0.2) is 9.84 Å². The van der Waals surface area contributed by atoms with Gasteiger partial charge in [0.1, 0.15) is 0 Å². The van der Waals surface area contributed by atoms with Crippen molar-refractivity contribution in [3.05, 3.63) is 54.6 Å². The van der Waals surface area contributed by atoms with E-state index in [0.717, 1.165) is 17.5 Å². The minimum atomic E-state index is -3.12. The molecule has 0 saturated heterocycles. The van der Waals surface area contributed by atoms with Crippen molar-refractivity contribution in [2.75, 3.05) is 5.75 Å². The second-order valence-corrected chi connectivity index (χ2v) is 6.67. The van der Waals surface area contributed by atoms with Crippen LogP contribution in [0.25, 0.3) is 11.1 Å². The number of benzene rings is 2. The molecule has 2 nitrogen and oxygen atoms in total. The van der Waals surface area contributed by atoms with E-state index in [2.05, 4.69) is 0 Å². The third kappa shape index (κ3) is 3.44. The lowest BCUT2D eigenvalue weighted by molar-refractivity contribution is 0.592. The van der Waals surface area contributed by atoms with Crippen molar-refractivity contribution in [2.24, 2.45) is 0 Å². The molecule has 0 atom stereocenters. The van der Waals surface area contributed by atoms with Gasteiger partial charge in [-0.15, -0.1) is 0 Å². The average Bonchev–Trinajstić information content (AvgIpc) is 2.46. The maximum Gasteiger partial charge on any atom is 0.178 e. The first-order valence-corrected chi connectivity index (χ1v) is 8.17. The van der Waals surface area contributed by atoms with Crippen LogP contribution in [0, 0.1) is 0 Å². The van der Waals surface area contributed by atoms with E-state index in [9.17, 15) is 8.42 Å². The molecule has 0 bridgehead atoms. The van der Waals surface area contributed by atoms with E-state index in [1.807, 2.05) is 49.4 Å². The lowest BCUT2D eigenvalue weighted by Crippen LogP contribution is -2.06. The van der Waals surface area contributed by atoms with Crippen molar-refractivity contribution in [3.63, 3.8) is 0 Å².